The minimum atomic E-state index is 0. The van der Waals surface area contributed by atoms with Crippen molar-refractivity contribution in [2.45, 2.75) is 13.0 Å². The van der Waals surface area contributed by atoms with Crippen molar-refractivity contribution < 1.29 is 9.84 Å². The number of ether oxygens (including phenoxy) is 1. The summed E-state index contributed by atoms with van der Waals surface area (Å²) in [6, 6.07) is 15.5. The predicted molar refractivity (Wildman–Crippen MR) is 104 cm³/mol. The number of nitrogens with two attached hydrogens (primary N) is 1. The number of aliphatic imine (C=N–C) groups is 1. The Morgan fingerprint density at radius 3 is 2.61 bits per heavy atom. The van der Waals surface area contributed by atoms with Gasteiger partial charge in [-0.3, -0.25) is 0 Å². The minimum Gasteiger partial charge on any atom is -0.504 e. The van der Waals surface area contributed by atoms with Gasteiger partial charge in [-0.15, -0.1) is 24.0 Å². The third-order valence-electron chi connectivity index (χ3n) is 3.28. The molecule has 0 saturated heterocycles. The molecule has 2 rings (SSSR count). The van der Waals surface area contributed by atoms with Crippen molar-refractivity contribution in [1.29, 1.82) is 0 Å². The molecule has 124 valence electrons. The molecule has 0 unspecified atom stereocenters. The van der Waals surface area contributed by atoms with Gasteiger partial charge in [0.15, 0.2) is 17.5 Å². The van der Waals surface area contributed by atoms with Gasteiger partial charge in [0, 0.05) is 12.1 Å². The van der Waals surface area contributed by atoms with E-state index in [-0.39, 0.29) is 29.7 Å². The molecule has 5 nitrogen and oxygen atoms in total. The van der Waals surface area contributed by atoms with Crippen LogP contribution in [0.5, 0.6) is 11.5 Å². The highest BCUT2D eigenvalue weighted by Crippen LogP contribution is 2.29. The van der Waals surface area contributed by atoms with Crippen LogP contribution in [0.2, 0.25) is 0 Å². The number of phenols is 1. The molecule has 0 bridgehead atoms. The van der Waals surface area contributed by atoms with E-state index in [9.17, 15) is 5.11 Å². The molecular formula is C17H22IN3O2. The molecule has 0 aliphatic carbocycles. The monoisotopic (exact) mass is 427 g/mol. The van der Waals surface area contributed by atoms with E-state index >= 15 is 0 Å². The van der Waals surface area contributed by atoms with Gasteiger partial charge in [0.05, 0.1) is 13.7 Å². The lowest BCUT2D eigenvalue weighted by Crippen LogP contribution is -2.33. The van der Waals surface area contributed by atoms with E-state index in [1.807, 2.05) is 24.3 Å². The van der Waals surface area contributed by atoms with Gasteiger partial charge in [0.1, 0.15) is 0 Å². The summed E-state index contributed by atoms with van der Waals surface area (Å²) in [6.07, 6.45) is 0.876. The zero-order valence-corrected chi connectivity index (χ0v) is 15.4. The number of methoxy groups -OCH3 is 1. The first-order valence-corrected chi connectivity index (χ1v) is 7.13. The Balaban J connectivity index is 0.00000264. The zero-order valence-electron chi connectivity index (χ0n) is 13.0. The van der Waals surface area contributed by atoms with E-state index in [0.29, 0.717) is 30.4 Å². The number of benzene rings is 2. The van der Waals surface area contributed by atoms with Crippen LogP contribution in [0, 0.1) is 0 Å². The third-order valence-corrected chi connectivity index (χ3v) is 3.28. The number of halogens is 1. The summed E-state index contributed by atoms with van der Waals surface area (Å²) in [5, 5.41) is 13.0. The fraction of sp³-hybridized carbons (Fsp3) is 0.235. The smallest absolute Gasteiger partial charge is 0.188 e. The second kappa shape index (κ2) is 9.94. The summed E-state index contributed by atoms with van der Waals surface area (Å²) in [4.78, 5) is 4.23. The maximum atomic E-state index is 9.97. The highest BCUT2D eigenvalue weighted by Gasteiger charge is 2.06. The van der Waals surface area contributed by atoms with Gasteiger partial charge in [-0.1, -0.05) is 42.5 Å². The molecule has 0 radical (unpaired) electrons. The minimum absolute atomic E-state index is 0. The lowest BCUT2D eigenvalue weighted by molar-refractivity contribution is 0.370. The number of phenolic OH excluding ortho intramolecular Hbond substituents is 1. The number of para-hydroxylation sites is 1. The van der Waals surface area contributed by atoms with Gasteiger partial charge in [-0.2, -0.15) is 0 Å². The van der Waals surface area contributed by atoms with Crippen molar-refractivity contribution in [2.75, 3.05) is 13.7 Å². The fourth-order valence-electron chi connectivity index (χ4n) is 2.07. The lowest BCUT2D eigenvalue weighted by atomic mass is 10.1. The molecule has 4 N–H and O–H groups in total. The van der Waals surface area contributed by atoms with Crippen LogP contribution in [0.25, 0.3) is 0 Å². The molecule has 0 spiro atoms. The molecule has 0 fully saturated rings. The van der Waals surface area contributed by atoms with Crippen molar-refractivity contribution in [3.05, 3.63) is 59.7 Å². The van der Waals surface area contributed by atoms with Gasteiger partial charge in [0.25, 0.3) is 0 Å². The summed E-state index contributed by atoms with van der Waals surface area (Å²) < 4.78 is 5.06. The molecule has 2 aromatic rings. The van der Waals surface area contributed by atoms with Crippen molar-refractivity contribution >= 4 is 29.9 Å². The largest absolute Gasteiger partial charge is 0.504 e. The van der Waals surface area contributed by atoms with Gasteiger partial charge in [-0.05, 0) is 18.1 Å². The van der Waals surface area contributed by atoms with Crippen molar-refractivity contribution in [3.63, 3.8) is 0 Å². The molecule has 0 aliphatic rings. The van der Waals surface area contributed by atoms with Gasteiger partial charge in [0.2, 0.25) is 0 Å². The predicted octanol–water partition coefficient (Wildman–Crippen LogP) is 2.67. The lowest BCUT2D eigenvalue weighted by Gasteiger charge is -2.08. The Bertz CT molecular complexity index is 633. The SMILES string of the molecule is COc1cccc(CN=C(N)NCCc2ccccc2)c1O.I. The molecule has 0 aliphatic heterocycles. The van der Waals surface area contributed by atoms with Crippen LogP contribution in [-0.4, -0.2) is 24.7 Å². The molecule has 0 amide bonds. The number of guanidine groups is 1. The summed E-state index contributed by atoms with van der Waals surface area (Å²) in [7, 11) is 1.52. The number of nitrogens with zero attached hydrogens (tertiary/aromatic N) is 1. The quantitative estimate of drug-likeness (QED) is 0.376. The van der Waals surface area contributed by atoms with E-state index in [1.165, 1.54) is 12.7 Å². The normalized spacial score (nSPS) is 10.7. The summed E-state index contributed by atoms with van der Waals surface area (Å²) in [5.74, 6) is 0.896. The van der Waals surface area contributed by atoms with Crippen LogP contribution in [0.3, 0.4) is 0 Å². The number of hydrogen-bond donors (Lipinski definition) is 3. The topological polar surface area (TPSA) is 79.9 Å². The van der Waals surface area contributed by atoms with Crippen LogP contribution in [0.15, 0.2) is 53.5 Å². The van der Waals surface area contributed by atoms with Crippen molar-refractivity contribution in [1.82, 2.24) is 5.32 Å². The van der Waals surface area contributed by atoms with Gasteiger partial charge in [-0.25, -0.2) is 4.99 Å². The van der Waals surface area contributed by atoms with E-state index in [1.54, 1.807) is 12.1 Å². The molecule has 6 heteroatoms. The Hall–Kier alpha value is -1.96. The molecule has 0 atom stereocenters. The van der Waals surface area contributed by atoms with E-state index < -0.39 is 0 Å². The van der Waals surface area contributed by atoms with Gasteiger partial charge >= 0.3 is 0 Å². The number of aromatic hydroxyl groups is 1. The molecule has 0 heterocycles. The average Bonchev–Trinajstić information content (AvgIpc) is 2.55. The Morgan fingerprint density at radius 1 is 1.17 bits per heavy atom. The standard InChI is InChI=1S/C17H21N3O2.HI/c1-22-15-9-5-8-14(16(15)21)12-20-17(18)19-11-10-13-6-3-2-4-7-13;/h2-9,21H,10-12H2,1H3,(H3,18,19,20);1H. The molecule has 0 aromatic heterocycles. The van der Waals surface area contributed by atoms with Crippen LogP contribution in [0.4, 0.5) is 0 Å². The Labute approximate surface area is 153 Å². The first-order valence-electron chi connectivity index (χ1n) is 7.13. The maximum absolute atomic E-state index is 9.97. The summed E-state index contributed by atoms with van der Waals surface area (Å²) in [5.41, 5.74) is 7.75. The number of rotatable bonds is 6. The second-order valence-corrected chi connectivity index (χ2v) is 4.83. The number of nitrogens with one attached hydrogen (secondary N) is 1. The van der Waals surface area contributed by atoms with Crippen LogP contribution < -0.4 is 15.8 Å². The maximum Gasteiger partial charge on any atom is 0.188 e. The first-order chi connectivity index (χ1) is 10.7. The Morgan fingerprint density at radius 2 is 1.91 bits per heavy atom. The van der Waals surface area contributed by atoms with Crippen molar-refractivity contribution in [2.24, 2.45) is 10.7 Å². The fourth-order valence-corrected chi connectivity index (χ4v) is 2.07. The second-order valence-electron chi connectivity index (χ2n) is 4.83. The van der Waals surface area contributed by atoms with E-state index in [4.69, 9.17) is 10.5 Å². The Kier molecular flexibility index (Phi) is 8.25. The van der Waals surface area contributed by atoms with Crippen molar-refractivity contribution in [3.8, 4) is 11.5 Å². The van der Waals surface area contributed by atoms with E-state index in [2.05, 4.69) is 22.4 Å². The molecule has 2 aromatic carbocycles. The molecular weight excluding hydrogens is 405 g/mol. The molecule has 23 heavy (non-hydrogen) atoms. The van der Waals surface area contributed by atoms with Crippen LogP contribution in [0.1, 0.15) is 11.1 Å². The summed E-state index contributed by atoms with van der Waals surface area (Å²) >= 11 is 0. The highest BCUT2D eigenvalue weighted by molar-refractivity contribution is 14.0. The summed E-state index contributed by atoms with van der Waals surface area (Å²) in [6.45, 7) is 1.01. The highest BCUT2D eigenvalue weighted by atomic mass is 127. The van der Waals surface area contributed by atoms with E-state index in [0.717, 1.165) is 6.42 Å². The third kappa shape index (κ3) is 5.97. The zero-order chi connectivity index (χ0) is 15.8. The first kappa shape index (κ1) is 19.1. The average molecular weight is 427 g/mol. The van der Waals surface area contributed by atoms with Gasteiger partial charge < -0.3 is 20.9 Å². The van der Waals surface area contributed by atoms with Crippen LogP contribution >= 0.6 is 24.0 Å². The number of hydrogen-bond acceptors (Lipinski definition) is 3. The molecule has 0 saturated carbocycles. The van der Waals surface area contributed by atoms with Crippen LogP contribution in [-0.2, 0) is 13.0 Å².